The monoisotopic (exact) mass is 446 g/mol. The van der Waals surface area contributed by atoms with Crippen molar-refractivity contribution in [3.8, 4) is 11.5 Å². The van der Waals surface area contributed by atoms with Gasteiger partial charge in [0.25, 0.3) is 5.91 Å². The SMILES string of the molecule is COc1ccc(C2CC(c3ccccc3)=NN2C(=O)COc2ccc(C)nc2[N+](=O)[O-])cc1. The Morgan fingerprint density at radius 2 is 1.85 bits per heavy atom. The Hall–Kier alpha value is -4.27. The number of nitro groups is 1. The number of rotatable bonds is 7. The Morgan fingerprint density at radius 1 is 1.12 bits per heavy atom. The summed E-state index contributed by atoms with van der Waals surface area (Å²) in [5, 5.41) is 17.3. The van der Waals surface area contributed by atoms with Crippen molar-refractivity contribution < 1.29 is 19.2 Å². The van der Waals surface area contributed by atoms with Crippen LogP contribution in [0.2, 0.25) is 0 Å². The van der Waals surface area contributed by atoms with Crippen LogP contribution in [0.1, 0.15) is 29.3 Å². The van der Waals surface area contributed by atoms with Gasteiger partial charge in [-0.3, -0.25) is 4.79 Å². The highest BCUT2D eigenvalue weighted by molar-refractivity contribution is 6.03. The van der Waals surface area contributed by atoms with Crippen LogP contribution in [-0.2, 0) is 4.79 Å². The number of aryl methyl sites for hydroxylation is 1. The zero-order valence-electron chi connectivity index (χ0n) is 18.2. The fourth-order valence-corrected chi connectivity index (χ4v) is 3.61. The summed E-state index contributed by atoms with van der Waals surface area (Å²) in [7, 11) is 1.59. The summed E-state index contributed by atoms with van der Waals surface area (Å²) in [6.45, 7) is 1.23. The molecule has 1 aliphatic rings. The van der Waals surface area contributed by atoms with Gasteiger partial charge in [-0.05, 0) is 45.3 Å². The van der Waals surface area contributed by atoms with Crippen molar-refractivity contribution in [3.63, 3.8) is 0 Å². The van der Waals surface area contributed by atoms with Gasteiger partial charge in [-0.1, -0.05) is 42.5 Å². The first kappa shape index (κ1) is 21.9. The Morgan fingerprint density at radius 3 is 2.52 bits per heavy atom. The maximum absolute atomic E-state index is 13.1. The second kappa shape index (κ2) is 9.47. The van der Waals surface area contributed by atoms with Crippen LogP contribution in [0.5, 0.6) is 11.5 Å². The Balaban J connectivity index is 1.59. The van der Waals surface area contributed by atoms with E-state index in [4.69, 9.17) is 9.47 Å². The van der Waals surface area contributed by atoms with Crippen LogP contribution >= 0.6 is 0 Å². The van der Waals surface area contributed by atoms with Gasteiger partial charge in [0.15, 0.2) is 6.61 Å². The van der Waals surface area contributed by atoms with Gasteiger partial charge in [-0.2, -0.15) is 5.10 Å². The van der Waals surface area contributed by atoms with E-state index in [1.54, 1.807) is 20.1 Å². The molecule has 4 rings (SSSR count). The van der Waals surface area contributed by atoms with E-state index in [0.29, 0.717) is 17.9 Å². The molecule has 0 bridgehead atoms. The average molecular weight is 446 g/mol. The van der Waals surface area contributed by atoms with Crippen LogP contribution in [0.4, 0.5) is 5.82 Å². The number of methoxy groups -OCH3 is 1. The summed E-state index contributed by atoms with van der Waals surface area (Å²) in [5.74, 6) is -0.200. The molecule has 0 aliphatic carbocycles. The lowest BCUT2D eigenvalue weighted by Gasteiger charge is -2.22. The zero-order chi connectivity index (χ0) is 23.4. The Bertz CT molecular complexity index is 1200. The van der Waals surface area contributed by atoms with E-state index < -0.39 is 23.3 Å². The first-order valence-corrected chi connectivity index (χ1v) is 10.3. The van der Waals surface area contributed by atoms with E-state index in [2.05, 4.69) is 10.1 Å². The molecule has 1 aliphatic heterocycles. The van der Waals surface area contributed by atoms with E-state index in [1.165, 1.54) is 11.1 Å². The number of ether oxygens (including phenoxy) is 2. The fraction of sp³-hybridized carbons (Fsp3) is 0.208. The van der Waals surface area contributed by atoms with Gasteiger partial charge in [-0.25, -0.2) is 5.01 Å². The number of aromatic nitrogens is 1. The molecule has 3 aromatic rings. The molecular weight excluding hydrogens is 424 g/mol. The number of carbonyl (C=O) groups excluding carboxylic acids is 1. The highest BCUT2D eigenvalue weighted by atomic mass is 16.6. The van der Waals surface area contributed by atoms with E-state index in [-0.39, 0.29) is 11.8 Å². The fourth-order valence-electron chi connectivity index (χ4n) is 3.61. The second-order valence-electron chi connectivity index (χ2n) is 7.46. The summed E-state index contributed by atoms with van der Waals surface area (Å²) in [6.07, 6.45) is 0.522. The molecule has 0 saturated heterocycles. The van der Waals surface area contributed by atoms with Gasteiger partial charge < -0.3 is 19.6 Å². The number of hydrogen-bond acceptors (Lipinski definition) is 7. The normalized spacial score (nSPS) is 15.2. The first-order valence-electron chi connectivity index (χ1n) is 10.3. The topological polar surface area (TPSA) is 107 Å². The van der Waals surface area contributed by atoms with Crippen molar-refractivity contribution in [1.29, 1.82) is 0 Å². The summed E-state index contributed by atoms with van der Waals surface area (Å²) >= 11 is 0. The van der Waals surface area contributed by atoms with Crippen molar-refractivity contribution in [3.05, 3.63) is 93.7 Å². The second-order valence-corrected chi connectivity index (χ2v) is 7.46. The molecule has 0 radical (unpaired) electrons. The molecule has 1 amide bonds. The number of nitrogens with zero attached hydrogens (tertiary/aromatic N) is 4. The van der Waals surface area contributed by atoms with Gasteiger partial charge in [0.1, 0.15) is 11.4 Å². The van der Waals surface area contributed by atoms with Gasteiger partial charge in [0.05, 0.1) is 18.9 Å². The number of amides is 1. The lowest BCUT2D eigenvalue weighted by molar-refractivity contribution is -0.390. The minimum absolute atomic E-state index is 0.0635. The van der Waals surface area contributed by atoms with E-state index in [0.717, 1.165) is 16.8 Å². The largest absolute Gasteiger partial charge is 0.497 e. The van der Waals surface area contributed by atoms with Crippen LogP contribution in [0, 0.1) is 17.0 Å². The lowest BCUT2D eigenvalue weighted by atomic mass is 9.98. The lowest BCUT2D eigenvalue weighted by Crippen LogP contribution is -2.31. The van der Waals surface area contributed by atoms with E-state index >= 15 is 0 Å². The summed E-state index contributed by atoms with van der Waals surface area (Å²) in [4.78, 5) is 27.7. The number of pyridine rings is 1. The van der Waals surface area contributed by atoms with Crippen LogP contribution in [-0.4, -0.2) is 40.3 Å². The van der Waals surface area contributed by atoms with Crippen LogP contribution in [0.15, 0.2) is 71.8 Å². The molecule has 9 heteroatoms. The first-order chi connectivity index (χ1) is 16.0. The third kappa shape index (κ3) is 4.82. The third-order valence-electron chi connectivity index (χ3n) is 5.28. The standard InChI is InChI=1S/C24H22N4O5/c1-16-8-13-22(24(25-16)28(30)31)33-15-23(29)27-21(18-9-11-19(32-2)12-10-18)14-20(26-27)17-6-4-3-5-7-17/h3-13,21H,14-15H2,1-2H3. The molecule has 0 saturated carbocycles. The molecular formula is C24H22N4O5. The molecule has 2 heterocycles. The Labute approximate surface area is 190 Å². The molecule has 2 aromatic carbocycles. The van der Waals surface area contributed by atoms with Gasteiger partial charge in [0, 0.05) is 13.3 Å². The van der Waals surface area contributed by atoms with Crippen LogP contribution in [0.3, 0.4) is 0 Å². The van der Waals surface area contributed by atoms with Crippen molar-refractivity contribution >= 4 is 17.4 Å². The number of carbonyl (C=O) groups is 1. The summed E-state index contributed by atoms with van der Waals surface area (Å²) < 4.78 is 10.7. The zero-order valence-corrected chi connectivity index (χ0v) is 18.2. The molecule has 9 nitrogen and oxygen atoms in total. The molecule has 1 aromatic heterocycles. The van der Waals surface area contributed by atoms with Crippen molar-refractivity contribution in [1.82, 2.24) is 9.99 Å². The average Bonchev–Trinajstić information content (AvgIpc) is 3.29. The molecule has 1 atom stereocenters. The Kier molecular flexibility index (Phi) is 6.30. The highest BCUT2D eigenvalue weighted by Gasteiger charge is 2.33. The molecule has 1 unspecified atom stereocenters. The van der Waals surface area contributed by atoms with Gasteiger partial charge in [0.2, 0.25) is 5.75 Å². The van der Waals surface area contributed by atoms with Crippen molar-refractivity contribution in [2.24, 2.45) is 5.10 Å². The number of hydrazone groups is 1. The highest BCUT2D eigenvalue weighted by Crippen LogP contribution is 2.34. The predicted molar refractivity (Wildman–Crippen MR) is 121 cm³/mol. The van der Waals surface area contributed by atoms with E-state index in [1.807, 2.05) is 54.6 Å². The maximum atomic E-state index is 13.1. The molecule has 33 heavy (non-hydrogen) atoms. The van der Waals surface area contributed by atoms with Gasteiger partial charge in [-0.15, -0.1) is 0 Å². The van der Waals surface area contributed by atoms with E-state index in [9.17, 15) is 14.9 Å². The smallest absolute Gasteiger partial charge is 0.406 e. The molecule has 168 valence electrons. The summed E-state index contributed by atoms with van der Waals surface area (Å²) in [5.41, 5.74) is 3.07. The van der Waals surface area contributed by atoms with Crippen LogP contribution in [0.25, 0.3) is 0 Å². The molecule has 0 spiro atoms. The predicted octanol–water partition coefficient (Wildman–Crippen LogP) is 4.06. The maximum Gasteiger partial charge on any atom is 0.406 e. The number of hydrogen-bond donors (Lipinski definition) is 0. The minimum atomic E-state index is -0.630. The third-order valence-corrected chi connectivity index (χ3v) is 5.28. The van der Waals surface area contributed by atoms with Crippen LogP contribution < -0.4 is 9.47 Å². The minimum Gasteiger partial charge on any atom is -0.497 e. The molecule has 0 N–H and O–H groups in total. The van der Waals surface area contributed by atoms with Gasteiger partial charge >= 0.3 is 5.82 Å². The quantitative estimate of drug-likeness (QED) is 0.400. The van der Waals surface area contributed by atoms with Crippen molar-refractivity contribution in [2.45, 2.75) is 19.4 Å². The van der Waals surface area contributed by atoms with Crippen molar-refractivity contribution in [2.75, 3.05) is 13.7 Å². The molecule has 0 fully saturated rings. The number of benzene rings is 2. The summed E-state index contributed by atoms with van der Waals surface area (Å²) in [6, 6.07) is 19.8.